The lowest BCUT2D eigenvalue weighted by Gasteiger charge is -2.35. The predicted octanol–water partition coefficient (Wildman–Crippen LogP) is 5.90. The molecule has 0 spiro atoms. The molecule has 1 atom stereocenters. The summed E-state index contributed by atoms with van der Waals surface area (Å²) in [5.74, 6) is -0.473. The smallest absolute Gasteiger partial charge is 0.254 e. The third-order valence-electron chi connectivity index (χ3n) is 6.38. The van der Waals surface area contributed by atoms with Crippen molar-refractivity contribution in [3.63, 3.8) is 0 Å². The van der Waals surface area contributed by atoms with E-state index in [0.717, 1.165) is 39.7 Å². The van der Waals surface area contributed by atoms with Crippen LogP contribution in [0.4, 0.5) is 10.1 Å². The van der Waals surface area contributed by atoms with Crippen LogP contribution in [0.25, 0.3) is 11.1 Å². The summed E-state index contributed by atoms with van der Waals surface area (Å²) in [5.41, 5.74) is 4.48. The minimum absolute atomic E-state index is 0.00256. The van der Waals surface area contributed by atoms with Gasteiger partial charge in [-0.05, 0) is 78.9 Å². The standard InChI is InChI=1S/C26H23BrFN3O2/c27-18-5-7-20-17(13-18)10-12-31(26(20)33)24-3-1-2-4-25(32)30-22-8-6-19(28)15-21(22)16-9-11-29-23(24)14-16/h5-9,11,13-15,24H,1-4,10,12H2,(H,30,32). The van der Waals surface area contributed by atoms with Crippen LogP contribution < -0.4 is 5.32 Å². The third-order valence-corrected chi connectivity index (χ3v) is 6.87. The minimum atomic E-state index is -0.376. The first kappa shape index (κ1) is 21.8. The lowest BCUT2D eigenvalue weighted by molar-refractivity contribution is -0.116. The largest absolute Gasteiger partial charge is 0.330 e. The molecule has 2 aromatic carbocycles. The summed E-state index contributed by atoms with van der Waals surface area (Å²) in [7, 11) is 0. The number of pyridine rings is 1. The molecule has 0 aliphatic carbocycles. The van der Waals surface area contributed by atoms with Crippen LogP contribution in [0.2, 0.25) is 0 Å². The van der Waals surface area contributed by atoms with E-state index < -0.39 is 0 Å². The van der Waals surface area contributed by atoms with Crippen molar-refractivity contribution in [1.82, 2.24) is 9.88 Å². The van der Waals surface area contributed by atoms with E-state index in [1.54, 1.807) is 12.3 Å². The van der Waals surface area contributed by atoms with Crippen molar-refractivity contribution in [3.05, 3.63) is 81.8 Å². The number of nitrogens with one attached hydrogen (secondary N) is 1. The highest BCUT2D eigenvalue weighted by molar-refractivity contribution is 9.10. The molecule has 5 rings (SSSR count). The first-order chi connectivity index (χ1) is 16.0. The maximum Gasteiger partial charge on any atom is 0.254 e. The number of anilines is 1. The molecule has 3 heterocycles. The number of fused-ring (bicyclic) bond motifs is 5. The summed E-state index contributed by atoms with van der Waals surface area (Å²) in [6, 6.07) is 13.6. The van der Waals surface area contributed by atoms with Crippen LogP contribution in [0.5, 0.6) is 0 Å². The fourth-order valence-corrected chi connectivity index (χ4v) is 5.14. The van der Waals surface area contributed by atoms with Crippen molar-refractivity contribution in [1.29, 1.82) is 0 Å². The Morgan fingerprint density at radius 1 is 1.00 bits per heavy atom. The van der Waals surface area contributed by atoms with Gasteiger partial charge in [0, 0.05) is 40.4 Å². The van der Waals surface area contributed by atoms with Crippen molar-refractivity contribution in [2.24, 2.45) is 0 Å². The summed E-state index contributed by atoms with van der Waals surface area (Å²) in [5, 5.41) is 2.92. The highest BCUT2D eigenvalue weighted by Gasteiger charge is 2.32. The molecule has 2 bridgehead atoms. The van der Waals surface area contributed by atoms with Crippen LogP contribution in [0, 0.1) is 5.82 Å². The van der Waals surface area contributed by atoms with Gasteiger partial charge in [-0.2, -0.15) is 0 Å². The Morgan fingerprint density at radius 3 is 2.76 bits per heavy atom. The van der Waals surface area contributed by atoms with Crippen LogP contribution in [0.15, 0.2) is 59.2 Å². The molecule has 3 aromatic rings. The van der Waals surface area contributed by atoms with Crippen molar-refractivity contribution in [2.45, 2.75) is 38.1 Å². The van der Waals surface area contributed by atoms with E-state index in [0.29, 0.717) is 37.1 Å². The number of carbonyl (C=O) groups is 2. The summed E-state index contributed by atoms with van der Waals surface area (Å²) in [4.78, 5) is 32.5. The Hall–Kier alpha value is -3.06. The molecule has 1 N–H and O–H groups in total. The van der Waals surface area contributed by atoms with Crippen molar-refractivity contribution < 1.29 is 14.0 Å². The van der Waals surface area contributed by atoms with Gasteiger partial charge in [-0.3, -0.25) is 14.6 Å². The second-order valence-corrected chi connectivity index (χ2v) is 9.43. The number of hydrogen-bond acceptors (Lipinski definition) is 3. The predicted molar refractivity (Wildman–Crippen MR) is 128 cm³/mol. The molecule has 2 aliphatic heterocycles. The molecule has 5 nitrogen and oxygen atoms in total. The second-order valence-electron chi connectivity index (χ2n) is 8.52. The van der Waals surface area contributed by atoms with Crippen LogP contribution in [-0.2, 0) is 11.2 Å². The first-order valence-corrected chi connectivity index (χ1v) is 11.9. The molecule has 1 unspecified atom stereocenters. The monoisotopic (exact) mass is 507 g/mol. The fraction of sp³-hybridized carbons (Fsp3) is 0.269. The van der Waals surface area contributed by atoms with Gasteiger partial charge in [0.1, 0.15) is 5.82 Å². The van der Waals surface area contributed by atoms with Gasteiger partial charge in [0.15, 0.2) is 0 Å². The molecule has 2 aliphatic rings. The number of hydrogen-bond donors (Lipinski definition) is 1. The number of nitrogens with zero attached hydrogens (tertiary/aromatic N) is 2. The molecule has 1 aromatic heterocycles. The minimum Gasteiger partial charge on any atom is -0.330 e. The number of aromatic nitrogens is 1. The van der Waals surface area contributed by atoms with E-state index in [2.05, 4.69) is 26.2 Å². The summed E-state index contributed by atoms with van der Waals surface area (Å²) in [6.45, 7) is 0.602. The van der Waals surface area contributed by atoms with Crippen LogP contribution in [-0.4, -0.2) is 28.2 Å². The average Bonchev–Trinajstić information content (AvgIpc) is 2.80. The van der Waals surface area contributed by atoms with E-state index in [-0.39, 0.29) is 23.7 Å². The van der Waals surface area contributed by atoms with Gasteiger partial charge in [-0.15, -0.1) is 0 Å². The van der Waals surface area contributed by atoms with Gasteiger partial charge >= 0.3 is 0 Å². The van der Waals surface area contributed by atoms with E-state index in [4.69, 9.17) is 0 Å². The summed E-state index contributed by atoms with van der Waals surface area (Å²) >= 11 is 3.49. The zero-order chi connectivity index (χ0) is 22.9. The zero-order valence-electron chi connectivity index (χ0n) is 18.0. The van der Waals surface area contributed by atoms with E-state index in [9.17, 15) is 14.0 Å². The Bertz CT molecular complexity index is 1250. The lowest BCUT2D eigenvalue weighted by atomic mass is 9.93. The third kappa shape index (κ3) is 4.42. The average molecular weight is 508 g/mol. The molecule has 0 radical (unpaired) electrons. The van der Waals surface area contributed by atoms with E-state index in [1.807, 2.05) is 35.2 Å². The van der Waals surface area contributed by atoms with Gasteiger partial charge in [0.25, 0.3) is 5.91 Å². The van der Waals surface area contributed by atoms with Crippen LogP contribution >= 0.6 is 15.9 Å². The molecule has 168 valence electrons. The van der Waals surface area contributed by atoms with Crippen LogP contribution in [0.1, 0.15) is 53.3 Å². The highest BCUT2D eigenvalue weighted by Crippen LogP contribution is 2.35. The first-order valence-electron chi connectivity index (χ1n) is 11.1. The summed E-state index contributed by atoms with van der Waals surface area (Å²) in [6.07, 6.45) is 5.03. The van der Waals surface area contributed by atoms with Gasteiger partial charge in [0.05, 0.1) is 11.7 Å². The maximum atomic E-state index is 14.1. The molecular formula is C26H23BrFN3O2. The Labute approximate surface area is 200 Å². The van der Waals surface area contributed by atoms with E-state index in [1.165, 1.54) is 12.1 Å². The van der Waals surface area contributed by atoms with Crippen LogP contribution in [0.3, 0.4) is 0 Å². The molecule has 2 amide bonds. The lowest BCUT2D eigenvalue weighted by Crippen LogP contribution is -2.40. The molecule has 0 fully saturated rings. The topological polar surface area (TPSA) is 62.3 Å². The molecule has 33 heavy (non-hydrogen) atoms. The number of amides is 2. The Morgan fingerprint density at radius 2 is 1.88 bits per heavy atom. The molecular weight excluding hydrogens is 485 g/mol. The van der Waals surface area contributed by atoms with E-state index >= 15 is 0 Å². The molecule has 0 saturated carbocycles. The van der Waals surface area contributed by atoms with Gasteiger partial charge in [0.2, 0.25) is 5.91 Å². The fourth-order valence-electron chi connectivity index (χ4n) is 4.73. The van der Waals surface area contributed by atoms with Crippen molar-refractivity contribution in [3.8, 4) is 11.1 Å². The number of rotatable bonds is 1. The van der Waals surface area contributed by atoms with Gasteiger partial charge in [-0.1, -0.05) is 22.4 Å². The molecule has 0 saturated heterocycles. The number of benzene rings is 2. The SMILES string of the molecule is O=C1CCCCC(N2CCc3cc(Br)ccc3C2=O)c2cc(ccn2)-c2cc(F)ccc2N1. The van der Waals surface area contributed by atoms with Gasteiger partial charge in [-0.25, -0.2) is 4.39 Å². The second kappa shape index (κ2) is 9.06. The van der Waals surface area contributed by atoms with Gasteiger partial charge < -0.3 is 10.2 Å². The zero-order valence-corrected chi connectivity index (χ0v) is 19.6. The Kier molecular flexibility index (Phi) is 5.98. The Balaban J connectivity index is 1.57. The molecule has 7 heteroatoms. The summed E-state index contributed by atoms with van der Waals surface area (Å²) < 4.78 is 15.1. The quantitative estimate of drug-likeness (QED) is 0.445. The maximum absolute atomic E-state index is 14.1. The normalized spacial score (nSPS) is 18.5. The number of halogens is 2. The number of carbonyl (C=O) groups excluding carboxylic acids is 2. The van der Waals surface area contributed by atoms with Crippen molar-refractivity contribution >= 4 is 33.4 Å². The highest BCUT2D eigenvalue weighted by atomic mass is 79.9. The van der Waals surface area contributed by atoms with Crippen molar-refractivity contribution in [2.75, 3.05) is 11.9 Å².